The lowest BCUT2D eigenvalue weighted by Crippen LogP contribution is -2.74. The first-order valence-electron chi connectivity index (χ1n) is 21.3. The maximum absolute atomic E-state index is 13.7. The van der Waals surface area contributed by atoms with E-state index in [-0.39, 0.29) is 41.7 Å². The van der Waals surface area contributed by atoms with Gasteiger partial charge in [0.15, 0.2) is 5.43 Å². The van der Waals surface area contributed by atoms with Crippen LogP contribution in [0.25, 0.3) is 10.9 Å². The Labute approximate surface area is 354 Å². The minimum absolute atomic E-state index is 0.141. The van der Waals surface area contributed by atoms with Crippen LogP contribution in [0.5, 0.6) is 5.75 Å². The zero-order valence-electron chi connectivity index (χ0n) is 35.1. The van der Waals surface area contributed by atoms with Crippen LogP contribution in [0.15, 0.2) is 71.7 Å². The van der Waals surface area contributed by atoms with Crippen molar-refractivity contribution in [3.63, 3.8) is 0 Å². The molecule has 3 aromatic carbocycles. The van der Waals surface area contributed by atoms with Gasteiger partial charge in [-0.25, -0.2) is 0 Å². The zero-order chi connectivity index (χ0) is 42.8. The Kier molecular flexibility index (Phi) is 10.1. The van der Waals surface area contributed by atoms with Crippen LogP contribution in [0.3, 0.4) is 0 Å². The molecule has 1 aliphatic carbocycles. The van der Waals surface area contributed by atoms with Crippen molar-refractivity contribution in [3.8, 4) is 11.8 Å². The molecule has 14 heteroatoms. The van der Waals surface area contributed by atoms with Gasteiger partial charge >= 0.3 is 0 Å². The minimum Gasteiger partial charge on any atom is -0.488 e. The lowest BCUT2D eigenvalue weighted by atomic mass is 9.49. The summed E-state index contributed by atoms with van der Waals surface area (Å²) < 4.78 is 6.57. The SMILES string of the molecule is CC1(C)C(NC(=O)c2ccc(N3CC[C@@H](CN4CCN(c5ccc6c(c5)CN([C@H]5CCC(=O)NC5=O)C6=O)CC4)C3)cc2)C(C)(C)C1Oc1ccc(C#N)c2[nH]ccc(=O)c12. The summed E-state index contributed by atoms with van der Waals surface area (Å²) in [5.74, 6) is -0.00986. The summed E-state index contributed by atoms with van der Waals surface area (Å²) in [6.45, 7) is 15.3. The first kappa shape index (κ1) is 40.2. The van der Waals surface area contributed by atoms with E-state index in [1.165, 1.54) is 12.3 Å². The molecular weight excluding hydrogens is 773 g/mol. The highest BCUT2D eigenvalue weighted by Crippen LogP contribution is 2.56. The van der Waals surface area contributed by atoms with Crippen LogP contribution in [-0.2, 0) is 16.1 Å². The molecule has 0 unspecified atom stereocenters. The van der Waals surface area contributed by atoms with E-state index in [1.807, 2.05) is 36.4 Å². The van der Waals surface area contributed by atoms with Crippen molar-refractivity contribution in [2.45, 2.75) is 71.7 Å². The van der Waals surface area contributed by atoms with Crippen molar-refractivity contribution >= 4 is 45.9 Å². The van der Waals surface area contributed by atoms with E-state index in [0.29, 0.717) is 52.2 Å². The number of piperazine rings is 1. The second-order valence-electron chi connectivity index (χ2n) is 18.5. The number of fused-ring (bicyclic) bond motifs is 2. The highest BCUT2D eigenvalue weighted by Gasteiger charge is 2.64. The number of carbonyl (C=O) groups is 4. The Morgan fingerprint density at radius 1 is 0.885 bits per heavy atom. The van der Waals surface area contributed by atoms with Gasteiger partial charge in [-0.05, 0) is 78.9 Å². The van der Waals surface area contributed by atoms with Gasteiger partial charge in [0, 0.05) is 110 Å². The fourth-order valence-corrected chi connectivity index (χ4v) is 10.9. The molecule has 1 saturated carbocycles. The maximum atomic E-state index is 13.7. The predicted octanol–water partition coefficient (Wildman–Crippen LogP) is 4.42. The quantitative estimate of drug-likeness (QED) is 0.206. The third-order valence-corrected chi connectivity index (χ3v) is 13.9. The first-order valence-corrected chi connectivity index (χ1v) is 21.3. The van der Waals surface area contributed by atoms with Crippen molar-refractivity contribution in [2.24, 2.45) is 16.7 Å². The number of hydrogen-bond acceptors (Lipinski definition) is 10. The van der Waals surface area contributed by atoms with Gasteiger partial charge in [-0.2, -0.15) is 5.26 Å². The van der Waals surface area contributed by atoms with Gasteiger partial charge in [0.25, 0.3) is 11.8 Å². The zero-order valence-corrected chi connectivity index (χ0v) is 35.1. The van der Waals surface area contributed by atoms with E-state index in [4.69, 9.17) is 4.74 Å². The molecule has 9 rings (SSSR count). The summed E-state index contributed by atoms with van der Waals surface area (Å²) in [5, 5.41) is 15.6. The molecule has 61 heavy (non-hydrogen) atoms. The van der Waals surface area contributed by atoms with E-state index in [1.54, 1.807) is 17.0 Å². The number of imide groups is 1. The minimum atomic E-state index is -0.613. The topological polar surface area (TPSA) is 171 Å². The molecule has 14 nitrogen and oxygen atoms in total. The van der Waals surface area contributed by atoms with Crippen LogP contribution in [0.2, 0.25) is 0 Å². The van der Waals surface area contributed by atoms with Gasteiger partial charge < -0.3 is 29.7 Å². The number of benzene rings is 3. The summed E-state index contributed by atoms with van der Waals surface area (Å²) in [5.41, 5.74) is 4.05. The molecule has 1 aromatic heterocycles. The van der Waals surface area contributed by atoms with E-state index in [2.05, 4.69) is 70.1 Å². The largest absolute Gasteiger partial charge is 0.488 e. The number of pyridine rings is 1. The number of nitrogens with zero attached hydrogens (tertiary/aromatic N) is 5. The number of hydrogen-bond donors (Lipinski definition) is 3. The highest BCUT2D eigenvalue weighted by molar-refractivity contribution is 6.05. The Hall–Kier alpha value is -6.20. The molecule has 4 amide bonds. The van der Waals surface area contributed by atoms with Gasteiger partial charge in [0.2, 0.25) is 11.8 Å². The van der Waals surface area contributed by atoms with Crippen LogP contribution in [0.4, 0.5) is 11.4 Å². The Morgan fingerprint density at radius 2 is 1.62 bits per heavy atom. The molecular formula is C47H52N8O6. The molecule has 5 heterocycles. The highest BCUT2D eigenvalue weighted by atomic mass is 16.5. The molecule has 0 radical (unpaired) electrons. The maximum Gasteiger partial charge on any atom is 0.255 e. The van der Waals surface area contributed by atoms with Crippen molar-refractivity contribution in [3.05, 3.63) is 99.3 Å². The molecule has 2 atom stereocenters. The third kappa shape index (κ3) is 7.18. The molecule has 0 spiro atoms. The Balaban J connectivity index is 0.756. The van der Waals surface area contributed by atoms with Gasteiger partial charge in [-0.3, -0.25) is 34.2 Å². The monoisotopic (exact) mass is 824 g/mol. The van der Waals surface area contributed by atoms with Crippen molar-refractivity contribution in [1.82, 2.24) is 25.4 Å². The molecule has 3 N–H and O–H groups in total. The van der Waals surface area contributed by atoms with Gasteiger partial charge in [0.1, 0.15) is 24.0 Å². The van der Waals surface area contributed by atoms with Crippen molar-refractivity contribution in [2.75, 3.05) is 55.6 Å². The number of piperidine rings is 1. The number of H-pyrrole nitrogens is 1. The second-order valence-corrected chi connectivity index (χ2v) is 18.5. The number of carbonyl (C=O) groups excluding carboxylic acids is 4. The summed E-state index contributed by atoms with van der Waals surface area (Å²) >= 11 is 0. The first-order chi connectivity index (χ1) is 29.2. The average molecular weight is 825 g/mol. The van der Waals surface area contributed by atoms with Crippen LogP contribution < -0.4 is 30.6 Å². The Bertz CT molecular complexity index is 2520. The fraction of sp³-hybridized carbons (Fsp3) is 0.447. The number of anilines is 2. The van der Waals surface area contributed by atoms with Crippen molar-refractivity contribution < 1.29 is 23.9 Å². The molecule has 4 fully saturated rings. The molecule has 3 saturated heterocycles. The molecule has 5 aliphatic rings. The average Bonchev–Trinajstić information content (AvgIpc) is 3.85. The van der Waals surface area contributed by atoms with E-state index >= 15 is 0 Å². The smallest absolute Gasteiger partial charge is 0.255 e. The van der Waals surface area contributed by atoms with Gasteiger partial charge in [-0.1, -0.05) is 27.7 Å². The molecule has 316 valence electrons. The van der Waals surface area contributed by atoms with Gasteiger partial charge in [-0.15, -0.1) is 0 Å². The van der Waals surface area contributed by atoms with Crippen LogP contribution in [0, 0.1) is 28.1 Å². The number of amides is 4. The molecule has 0 bridgehead atoms. The second kappa shape index (κ2) is 15.4. The Morgan fingerprint density at radius 3 is 2.34 bits per heavy atom. The van der Waals surface area contributed by atoms with Crippen LogP contribution in [-0.4, -0.2) is 102 Å². The fourth-order valence-electron chi connectivity index (χ4n) is 10.9. The van der Waals surface area contributed by atoms with Crippen LogP contribution >= 0.6 is 0 Å². The number of nitriles is 1. The lowest BCUT2D eigenvalue weighted by molar-refractivity contribution is -0.163. The number of ether oxygens (including phenoxy) is 1. The van der Waals surface area contributed by atoms with Crippen molar-refractivity contribution in [1.29, 1.82) is 5.26 Å². The number of aromatic amines is 1. The lowest BCUT2D eigenvalue weighted by Gasteiger charge is -2.63. The van der Waals surface area contributed by atoms with E-state index in [9.17, 15) is 29.2 Å². The normalized spacial score (nSPS) is 24.6. The summed E-state index contributed by atoms with van der Waals surface area (Å²) in [6, 6.07) is 20.0. The molecule has 4 aliphatic heterocycles. The third-order valence-electron chi connectivity index (χ3n) is 13.9. The summed E-state index contributed by atoms with van der Waals surface area (Å²) in [6.07, 6.45) is 2.92. The molecule has 4 aromatic rings. The van der Waals surface area contributed by atoms with E-state index in [0.717, 1.165) is 69.2 Å². The van der Waals surface area contributed by atoms with Crippen LogP contribution in [0.1, 0.15) is 78.8 Å². The number of aromatic nitrogens is 1. The van der Waals surface area contributed by atoms with Gasteiger partial charge in [0.05, 0.1) is 16.5 Å². The number of rotatable bonds is 9. The standard InChI is InChI=1S/C47H52N8O6/c1-46(2)44(47(3,4)45(46)61-37-13-7-30(24-48)40-39(37)36(56)15-17-49-40)51-41(58)29-5-8-32(9-6-29)54-18-16-28(26-54)25-52-19-21-53(22-20-52)33-10-11-34-31(23-33)27-55(43(34)60)35-12-14-38(57)50-42(35)59/h5-11,13,15,17,23,28,35,44-45H,12,14,16,18-22,25-27H2,1-4H3,(H,49,56)(H,51,58)(H,50,57,59)/t28-,35-,44?,45?/m0/s1. The summed E-state index contributed by atoms with van der Waals surface area (Å²) in [7, 11) is 0. The number of nitrogens with one attached hydrogen (secondary N) is 3. The van der Waals surface area contributed by atoms with E-state index < -0.39 is 22.8 Å². The predicted molar refractivity (Wildman–Crippen MR) is 230 cm³/mol. The summed E-state index contributed by atoms with van der Waals surface area (Å²) in [4.78, 5) is 75.8.